The lowest BCUT2D eigenvalue weighted by Gasteiger charge is -2.05. The van der Waals surface area contributed by atoms with Gasteiger partial charge in [0.2, 0.25) is 0 Å². The van der Waals surface area contributed by atoms with Crippen LogP contribution in [0.25, 0.3) is 11.0 Å². The number of rotatable bonds is 0. The molecular formula is C8H5ClF3N3. The molecule has 0 aliphatic heterocycles. The van der Waals surface area contributed by atoms with Crippen molar-refractivity contribution in [3.63, 3.8) is 0 Å². The molecular weight excluding hydrogens is 231 g/mol. The van der Waals surface area contributed by atoms with Crippen LogP contribution >= 0.6 is 11.6 Å². The van der Waals surface area contributed by atoms with E-state index in [9.17, 15) is 13.2 Å². The normalized spacial score (nSPS) is 12.3. The van der Waals surface area contributed by atoms with Crippen molar-refractivity contribution in [2.24, 2.45) is 0 Å². The van der Waals surface area contributed by atoms with E-state index in [1.54, 1.807) is 6.92 Å². The predicted octanol–water partition coefficient (Wildman–Crippen LogP) is 2.94. The Hall–Kier alpha value is -1.30. The van der Waals surface area contributed by atoms with E-state index in [2.05, 4.69) is 15.2 Å². The van der Waals surface area contributed by atoms with E-state index in [4.69, 9.17) is 11.6 Å². The zero-order valence-electron chi connectivity index (χ0n) is 7.48. The van der Waals surface area contributed by atoms with E-state index in [0.29, 0.717) is 11.1 Å². The molecule has 0 bridgehead atoms. The lowest BCUT2D eigenvalue weighted by atomic mass is 10.2. The number of pyridine rings is 1. The van der Waals surface area contributed by atoms with Crippen LogP contribution in [0.4, 0.5) is 13.2 Å². The van der Waals surface area contributed by atoms with Gasteiger partial charge in [0.25, 0.3) is 0 Å². The van der Waals surface area contributed by atoms with Crippen LogP contribution in [0.3, 0.4) is 0 Å². The molecule has 0 unspecified atom stereocenters. The van der Waals surface area contributed by atoms with Crippen LogP contribution in [-0.4, -0.2) is 15.2 Å². The maximum atomic E-state index is 12.3. The molecule has 0 aliphatic rings. The lowest BCUT2D eigenvalue weighted by Crippen LogP contribution is -2.07. The Morgan fingerprint density at radius 1 is 1.40 bits per heavy atom. The molecule has 15 heavy (non-hydrogen) atoms. The lowest BCUT2D eigenvalue weighted by molar-refractivity contribution is -0.141. The Balaban J connectivity index is 2.74. The van der Waals surface area contributed by atoms with Crippen molar-refractivity contribution in [1.29, 1.82) is 0 Å². The smallest absolute Gasteiger partial charge is 0.280 e. The molecule has 0 aromatic carbocycles. The van der Waals surface area contributed by atoms with Crippen LogP contribution in [0.1, 0.15) is 11.4 Å². The fourth-order valence-corrected chi connectivity index (χ4v) is 1.60. The molecule has 0 radical (unpaired) electrons. The van der Waals surface area contributed by atoms with Gasteiger partial charge in [-0.1, -0.05) is 11.6 Å². The highest BCUT2D eigenvalue weighted by Crippen LogP contribution is 2.32. The number of nitrogens with one attached hydrogen (secondary N) is 1. The van der Waals surface area contributed by atoms with Crippen molar-refractivity contribution in [2.75, 3.05) is 0 Å². The third-order valence-electron chi connectivity index (χ3n) is 1.95. The molecule has 7 heteroatoms. The summed E-state index contributed by atoms with van der Waals surface area (Å²) in [6.07, 6.45) is -4.51. The summed E-state index contributed by atoms with van der Waals surface area (Å²) in [7, 11) is 0. The van der Waals surface area contributed by atoms with Gasteiger partial charge in [0.1, 0.15) is 5.69 Å². The SMILES string of the molecule is Cc1[nH]nc2nc(C(F)(F)F)cc(Cl)c12. The molecule has 3 nitrogen and oxygen atoms in total. The van der Waals surface area contributed by atoms with E-state index in [1.807, 2.05) is 0 Å². The average Bonchev–Trinajstić information content (AvgIpc) is 2.46. The van der Waals surface area contributed by atoms with Crippen LogP contribution in [0.2, 0.25) is 5.02 Å². The van der Waals surface area contributed by atoms with Crippen LogP contribution in [-0.2, 0) is 6.18 Å². The van der Waals surface area contributed by atoms with Crippen LogP contribution in [0.15, 0.2) is 6.07 Å². The van der Waals surface area contributed by atoms with Crippen molar-refractivity contribution < 1.29 is 13.2 Å². The third kappa shape index (κ3) is 1.65. The van der Waals surface area contributed by atoms with Crippen molar-refractivity contribution in [3.05, 3.63) is 22.5 Å². The van der Waals surface area contributed by atoms with Gasteiger partial charge in [0.15, 0.2) is 5.65 Å². The Morgan fingerprint density at radius 3 is 2.67 bits per heavy atom. The Bertz CT molecular complexity index is 518. The third-order valence-corrected chi connectivity index (χ3v) is 2.25. The fourth-order valence-electron chi connectivity index (χ4n) is 1.27. The van der Waals surface area contributed by atoms with Crippen LogP contribution < -0.4 is 0 Å². The number of hydrogen-bond donors (Lipinski definition) is 1. The minimum atomic E-state index is -4.51. The van der Waals surface area contributed by atoms with Gasteiger partial charge in [0, 0.05) is 5.69 Å². The fraction of sp³-hybridized carbons (Fsp3) is 0.250. The predicted molar refractivity (Wildman–Crippen MR) is 48.6 cm³/mol. The minimum Gasteiger partial charge on any atom is -0.280 e. The Morgan fingerprint density at radius 2 is 2.07 bits per heavy atom. The maximum absolute atomic E-state index is 12.3. The van der Waals surface area contributed by atoms with Gasteiger partial charge in [-0.05, 0) is 13.0 Å². The number of aromatic amines is 1. The number of fused-ring (bicyclic) bond motifs is 1. The van der Waals surface area contributed by atoms with Gasteiger partial charge in [-0.3, -0.25) is 5.10 Å². The molecule has 0 atom stereocenters. The van der Waals surface area contributed by atoms with Gasteiger partial charge < -0.3 is 0 Å². The number of hydrogen-bond acceptors (Lipinski definition) is 2. The van der Waals surface area contributed by atoms with Gasteiger partial charge in [-0.25, -0.2) is 4.98 Å². The maximum Gasteiger partial charge on any atom is 0.433 e. The van der Waals surface area contributed by atoms with Gasteiger partial charge in [0.05, 0.1) is 10.4 Å². The largest absolute Gasteiger partial charge is 0.433 e. The topological polar surface area (TPSA) is 41.6 Å². The van der Waals surface area contributed by atoms with Crippen molar-refractivity contribution in [3.8, 4) is 0 Å². The molecule has 1 N–H and O–H groups in total. The average molecular weight is 236 g/mol. The van der Waals surface area contributed by atoms with Crippen molar-refractivity contribution >= 4 is 22.6 Å². The second kappa shape index (κ2) is 3.10. The highest BCUT2D eigenvalue weighted by atomic mass is 35.5. The summed E-state index contributed by atoms with van der Waals surface area (Å²) >= 11 is 5.71. The number of nitrogens with zero attached hydrogens (tertiary/aromatic N) is 2. The number of aromatic nitrogens is 3. The van der Waals surface area contributed by atoms with E-state index in [-0.39, 0.29) is 10.7 Å². The first-order chi connectivity index (χ1) is 6.89. The second-order valence-corrected chi connectivity index (χ2v) is 3.44. The molecule has 0 saturated carbocycles. The number of halogens is 4. The number of alkyl halides is 3. The summed E-state index contributed by atoms with van der Waals surface area (Å²) in [5.74, 6) is 0. The first-order valence-electron chi connectivity index (χ1n) is 3.98. The first kappa shape index (κ1) is 10.2. The highest BCUT2D eigenvalue weighted by molar-refractivity contribution is 6.35. The molecule has 0 amide bonds. The molecule has 0 spiro atoms. The summed E-state index contributed by atoms with van der Waals surface area (Å²) in [6, 6.07) is 0.798. The number of aryl methyl sites for hydroxylation is 1. The molecule has 2 rings (SSSR count). The van der Waals surface area contributed by atoms with E-state index in [0.717, 1.165) is 6.07 Å². The summed E-state index contributed by atoms with van der Waals surface area (Å²) in [5.41, 5.74) is -0.463. The molecule has 0 aliphatic carbocycles. The number of H-pyrrole nitrogens is 1. The Kier molecular flexibility index (Phi) is 2.11. The van der Waals surface area contributed by atoms with E-state index < -0.39 is 11.9 Å². The first-order valence-corrected chi connectivity index (χ1v) is 4.36. The zero-order chi connectivity index (χ0) is 11.2. The second-order valence-electron chi connectivity index (χ2n) is 3.03. The van der Waals surface area contributed by atoms with Crippen molar-refractivity contribution in [2.45, 2.75) is 13.1 Å². The quantitative estimate of drug-likeness (QED) is 0.763. The van der Waals surface area contributed by atoms with Gasteiger partial charge in [-0.2, -0.15) is 18.3 Å². The van der Waals surface area contributed by atoms with Gasteiger partial charge in [-0.15, -0.1) is 0 Å². The summed E-state index contributed by atoms with van der Waals surface area (Å²) < 4.78 is 37.0. The standard InChI is InChI=1S/C8H5ClF3N3/c1-3-6-4(9)2-5(8(10,11)12)13-7(6)15-14-3/h2H,1H3,(H,13,14,15). The molecule has 80 valence electrons. The summed E-state index contributed by atoms with van der Waals surface area (Å²) in [6.45, 7) is 1.66. The minimum absolute atomic E-state index is 0.00132. The molecule has 2 heterocycles. The summed E-state index contributed by atoms with van der Waals surface area (Å²) in [5, 5.41) is 6.58. The van der Waals surface area contributed by atoms with E-state index in [1.165, 1.54) is 0 Å². The summed E-state index contributed by atoms with van der Waals surface area (Å²) in [4.78, 5) is 3.38. The molecule has 0 saturated heterocycles. The molecule has 2 aromatic rings. The zero-order valence-corrected chi connectivity index (χ0v) is 8.24. The highest BCUT2D eigenvalue weighted by Gasteiger charge is 2.33. The van der Waals surface area contributed by atoms with Gasteiger partial charge >= 0.3 is 6.18 Å². The monoisotopic (exact) mass is 235 g/mol. The van der Waals surface area contributed by atoms with Crippen LogP contribution in [0, 0.1) is 6.92 Å². The molecule has 0 fully saturated rings. The van der Waals surface area contributed by atoms with Crippen LogP contribution in [0.5, 0.6) is 0 Å². The van der Waals surface area contributed by atoms with E-state index >= 15 is 0 Å². The molecule has 2 aromatic heterocycles. The Labute approximate surface area is 87.3 Å². The van der Waals surface area contributed by atoms with Crippen molar-refractivity contribution in [1.82, 2.24) is 15.2 Å².